The molecule has 0 aliphatic carbocycles. The summed E-state index contributed by atoms with van der Waals surface area (Å²) >= 11 is 3.53. The van der Waals surface area contributed by atoms with Gasteiger partial charge in [0, 0.05) is 17.4 Å². The molecule has 15 heavy (non-hydrogen) atoms. The molecule has 1 saturated heterocycles. The maximum absolute atomic E-state index is 10.3. The molecule has 82 valence electrons. The summed E-state index contributed by atoms with van der Waals surface area (Å²) in [5.74, 6) is 0. The van der Waals surface area contributed by atoms with E-state index in [1.165, 1.54) is 11.1 Å². The Balaban J connectivity index is 2.19. The van der Waals surface area contributed by atoms with Gasteiger partial charge in [0.15, 0.2) is 0 Å². The Bertz CT molecular complexity index is 359. The summed E-state index contributed by atoms with van der Waals surface area (Å²) in [4.78, 5) is 0. The summed E-state index contributed by atoms with van der Waals surface area (Å²) in [6, 6.07) is 6.27. The predicted molar refractivity (Wildman–Crippen MR) is 65.0 cm³/mol. The van der Waals surface area contributed by atoms with E-state index in [4.69, 9.17) is 0 Å². The van der Waals surface area contributed by atoms with Gasteiger partial charge in [-0.3, -0.25) is 0 Å². The van der Waals surface area contributed by atoms with Gasteiger partial charge in [-0.2, -0.15) is 0 Å². The van der Waals surface area contributed by atoms with Crippen LogP contribution in [0, 0.1) is 6.92 Å². The van der Waals surface area contributed by atoms with Gasteiger partial charge in [-0.25, -0.2) is 0 Å². The first kappa shape index (κ1) is 11.1. The summed E-state index contributed by atoms with van der Waals surface area (Å²) in [6.45, 7) is 3.69. The normalized spacial score (nSPS) is 25.8. The first-order chi connectivity index (χ1) is 7.09. The minimum atomic E-state index is -0.559. The Hall–Kier alpha value is -0.380. The Morgan fingerprint density at radius 1 is 1.53 bits per heavy atom. The molecule has 1 aromatic carbocycles. The van der Waals surface area contributed by atoms with Gasteiger partial charge in [-0.05, 0) is 31.5 Å². The van der Waals surface area contributed by atoms with Gasteiger partial charge in [0.2, 0.25) is 0 Å². The third-order valence-electron chi connectivity index (χ3n) is 2.94. The number of aliphatic hydroxyl groups is 1. The van der Waals surface area contributed by atoms with Gasteiger partial charge in [0.25, 0.3) is 0 Å². The van der Waals surface area contributed by atoms with Gasteiger partial charge in [0.1, 0.15) is 0 Å². The van der Waals surface area contributed by atoms with E-state index >= 15 is 0 Å². The summed E-state index contributed by atoms with van der Waals surface area (Å²) < 4.78 is 1.09. The van der Waals surface area contributed by atoms with Crippen LogP contribution in [0.25, 0.3) is 0 Å². The van der Waals surface area contributed by atoms with E-state index in [1.54, 1.807) is 0 Å². The number of β-amino-alcohol motifs (C(OH)–C–C–N with tert-alkyl or cyclic N) is 1. The molecule has 2 rings (SSSR count). The molecule has 0 spiro atoms. The van der Waals surface area contributed by atoms with Gasteiger partial charge in [-0.1, -0.05) is 33.6 Å². The smallest absolute Gasteiger partial charge is 0.0824 e. The van der Waals surface area contributed by atoms with Crippen molar-refractivity contribution in [3.63, 3.8) is 0 Å². The summed E-state index contributed by atoms with van der Waals surface area (Å²) in [5.41, 5.74) is 1.88. The lowest BCUT2D eigenvalue weighted by Crippen LogP contribution is -2.33. The van der Waals surface area contributed by atoms with Crippen molar-refractivity contribution in [1.82, 2.24) is 5.32 Å². The van der Waals surface area contributed by atoms with Gasteiger partial charge < -0.3 is 10.4 Å². The van der Waals surface area contributed by atoms with Crippen LogP contribution in [0.4, 0.5) is 0 Å². The van der Waals surface area contributed by atoms with Crippen molar-refractivity contribution in [2.45, 2.75) is 25.4 Å². The van der Waals surface area contributed by atoms with Gasteiger partial charge in [0.05, 0.1) is 5.60 Å². The zero-order chi connectivity index (χ0) is 10.9. The van der Waals surface area contributed by atoms with Crippen LogP contribution in [-0.4, -0.2) is 23.8 Å². The molecule has 2 nitrogen and oxygen atoms in total. The molecule has 1 atom stereocenters. The molecule has 1 heterocycles. The Morgan fingerprint density at radius 2 is 2.33 bits per heavy atom. The lowest BCUT2D eigenvalue weighted by Gasteiger charge is -2.22. The maximum atomic E-state index is 10.3. The highest BCUT2D eigenvalue weighted by atomic mass is 79.9. The zero-order valence-electron chi connectivity index (χ0n) is 8.89. The molecular formula is C12H16BrNO. The fraction of sp³-hybridized carbons (Fsp3) is 0.500. The SMILES string of the molecule is Cc1ccc(Br)c(CC2(O)CCNC2)c1. The molecule has 0 amide bonds. The van der Waals surface area contributed by atoms with E-state index < -0.39 is 5.60 Å². The molecule has 0 saturated carbocycles. The van der Waals surface area contributed by atoms with Crippen molar-refractivity contribution in [3.8, 4) is 0 Å². The number of halogens is 1. The summed E-state index contributed by atoms with van der Waals surface area (Å²) in [6.07, 6.45) is 1.57. The third-order valence-corrected chi connectivity index (χ3v) is 3.72. The second kappa shape index (κ2) is 4.24. The molecule has 2 N–H and O–H groups in total. The first-order valence-corrected chi connectivity index (χ1v) is 6.06. The number of hydrogen-bond donors (Lipinski definition) is 2. The Labute approximate surface area is 98.8 Å². The summed E-state index contributed by atoms with van der Waals surface area (Å²) in [5, 5.41) is 13.5. The van der Waals surface area contributed by atoms with Crippen LogP contribution in [-0.2, 0) is 6.42 Å². The van der Waals surface area contributed by atoms with Crippen LogP contribution in [0.3, 0.4) is 0 Å². The van der Waals surface area contributed by atoms with Crippen LogP contribution in [0.15, 0.2) is 22.7 Å². The highest BCUT2D eigenvalue weighted by Gasteiger charge is 2.31. The minimum absolute atomic E-state index is 0.559. The summed E-state index contributed by atoms with van der Waals surface area (Å²) in [7, 11) is 0. The second-order valence-corrected chi connectivity index (χ2v) is 5.28. The van der Waals surface area contributed by atoms with Gasteiger partial charge in [-0.15, -0.1) is 0 Å². The van der Waals surface area contributed by atoms with Crippen LogP contribution in [0.5, 0.6) is 0 Å². The minimum Gasteiger partial charge on any atom is -0.388 e. The maximum Gasteiger partial charge on any atom is 0.0824 e. The van der Waals surface area contributed by atoms with E-state index in [-0.39, 0.29) is 0 Å². The topological polar surface area (TPSA) is 32.3 Å². The van der Waals surface area contributed by atoms with E-state index in [1.807, 2.05) is 0 Å². The van der Waals surface area contributed by atoms with E-state index in [0.29, 0.717) is 6.54 Å². The fourth-order valence-electron chi connectivity index (χ4n) is 2.07. The van der Waals surface area contributed by atoms with Crippen LogP contribution in [0.1, 0.15) is 17.5 Å². The Morgan fingerprint density at radius 3 is 3.00 bits per heavy atom. The number of aryl methyl sites for hydroxylation is 1. The van der Waals surface area contributed by atoms with Crippen molar-refractivity contribution in [2.24, 2.45) is 0 Å². The molecular weight excluding hydrogens is 254 g/mol. The molecule has 0 radical (unpaired) electrons. The molecule has 1 aromatic rings. The number of hydrogen-bond acceptors (Lipinski definition) is 2. The largest absolute Gasteiger partial charge is 0.388 e. The van der Waals surface area contributed by atoms with Crippen molar-refractivity contribution in [2.75, 3.05) is 13.1 Å². The standard InChI is InChI=1S/C12H16BrNO/c1-9-2-3-11(13)10(6-9)7-12(15)4-5-14-8-12/h2-3,6,14-15H,4-5,7-8H2,1H3. The monoisotopic (exact) mass is 269 g/mol. The molecule has 0 bridgehead atoms. The first-order valence-electron chi connectivity index (χ1n) is 5.27. The third kappa shape index (κ3) is 2.60. The molecule has 1 aliphatic rings. The van der Waals surface area contributed by atoms with Crippen molar-refractivity contribution in [3.05, 3.63) is 33.8 Å². The molecule has 3 heteroatoms. The van der Waals surface area contributed by atoms with E-state index in [2.05, 4.69) is 46.4 Å². The quantitative estimate of drug-likeness (QED) is 0.861. The molecule has 1 aliphatic heterocycles. The zero-order valence-corrected chi connectivity index (χ0v) is 10.5. The number of rotatable bonds is 2. The van der Waals surface area contributed by atoms with E-state index in [9.17, 15) is 5.11 Å². The number of nitrogens with one attached hydrogen (secondary N) is 1. The average Bonchev–Trinajstić information content (AvgIpc) is 2.59. The van der Waals surface area contributed by atoms with E-state index in [0.717, 1.165) is 23.9 Å². The fourth-order valence-corrected chi connectivity index (χ4v) is 2.46. The van der Waals surface area contributed by atoms with Crippen LogP contribution >= 0.6 is 15.9 Å². The lowest BCUT2D eigenvalue weighted by molar-refractivity contribution is 0.0617. The Kier molecular flexibility index (Phi) is 3.14. The molecule has 1 fully saturated rings. The number of benzene rings is 1. The molecule has 0 aromatic heterocycles. The lowest BCUT2D eigenvalue weighted by atomic mass is 9.93. The van der Waals surface area contributed by atoms with Crippen molar-refractivity contribution < 1.29 is 5.11 Å². The van der Waals surface area contributed by atoms with Crippen LogP contribution < -0.4 is 5.32 Å². The predicted octanol–water partition coefficient (Wildman–Crippen LogP) is 2.02. The van der Waals surface area contributed by atoms with Crippen LogP contribution in [0.2, 0.25) is 0 Å². The van der Waals surface area contributed by atoms with Gasteiger partial charge >= 0.3 is 0 Å². The molecule has 1 unspecified atom stereocenters. The average molecular weight is 270 g/mol. The second-order valence-electron chi connectivity index (χ2n) is 4.42. The highest BCUT2D eigenvalue weighted by molar-refractivity contribution is 9.10. The highest BCUT2D eigenvalue weighted by Crippen LogP contribution is 2.26. The van der Waals surface area contributed by atoms with Crippen molar-refractivity contribution in [1.29, 1.82) is 0 Å². The van der Waals surface area contributed by atoms with Crippen molar-refractivity contribution >= 4 is 15.9 Å².